The molecule has 7 heteroatoms. The van der Waals surface area contributed by atoms with Gasteiger partial charge in [0.1, 0.15) is 15.6 Å². The lowest BCUT2D eigenvalue weighted by Gasteiger charge is -2.09. The summed E-state index contributed by atoms with van der Waals surface area (Å²) in [7, 11) is -1.72. The molecule has 0 unspecified atom stereocenters. The quantitative estimate of drug-likeness (QED) is 0.474. The van der Waals surface area contributed by atoms with Crippen molar-refractivity contribution in [1.29, 1.82) is 0 Å². The van der Waals surface area contributed by atoms with Crippen LogP contribution in [0.3, 0.4) is 0 Å². The summed E-state index contributed by atoms with van der Waals surface area (Å²) in [4.78, 5) is 11.3. The second kappa shape index (κ2) is 6.42. The van der Waals surface area contributed by atoms with Crippen LogP contribution < -0.4 is 10.5 Å². The van der Waals surface area contributed by atoms with Gasteiger partial charge in [-0.25, -0.2) is 13.2 Å². The Morgan fingerprint density at radius 3 is 2.63 bits per heavy atom. The molecule has 0 radical (unpaired) electrons. The minimum absolute atomic E-state index is 0.0452. The van der Waals surface area contributed by atoms with Crippen LogP contribution in [0.25, 0.3) is 0 Å². The number of carbonyl (C=O) groups is 1. The van der Waals surface area contributed by atoms with Gasteiger partial charge in [0.25, 0.3) is 0 Å². The molecular weight excluding hydrogens is 270 g/mol. The van der Waals surface area contributed by atoms with Gasteiger partial charge < -0.3 is 15.2 Å². The number of nitrogens with two attached hydrogens (primary N) is 1. The van der Waals surface area contributed by atoms with Crippen molar-refractivity contribution in [2.24, 2.45) is 0 Å². The second-order valence-electron chi connectivity index (χ2n) is 4.08. The number of sulfone groups is 1. The Kier molecular flexibility index (Phi) is 5.17. The first-order valence-electron chi connectivity index (χ1n) is 5.62. The third-order valence-corrected chi connectivity index (χ3v) is 3.38. The molecule has 0 heterocycles. The molecule has 0 aliphatic heterocycles. The molecular formula is C12H17NO5S. The highest BCUT2D eigenvalue weighted by atomic mass is 32.2. The number of ether oxygens (including phenoxy) is 2. The van der Waals surface area contributed by atoms with Crippen LogP contribution in [0.1, 0.15) is 16.8 Å². The number of hydrogen-bond donors (Lipinski definition) is 1. The van der Waals surface area contributed by atoms with Gasteiger partial charge in [0.05, 0.1) is 30.7 Å². The van der Waals surface area contributed by atoms with Gasteiger partial charge in [-0.05, 0) is 24.6 Å². The van der Waals surface area contributed by atoms with Crippen molar-refractivity contribution >= 4 is 21.5 Å². The first-order valence-corrected chi connectivity index (χ1v) is 7.68. The molecule has 1 aromatic carbocycles. The maximum atomic E-state index is 11.3. The molecule has 0 saturated heterocycles. The Labute approximate surface area is 112 Å². The molecule has 0 aliphatic carbocycles. The zero-order valence-electron chi connectivity index (χ0n) is 10.9. The van der Waals surface area contributed by atoms with Gasteiger partial charge in [0.2, 0.25) is 0 Å². The van der Waals surface area contributed by atoms with Crippen molar-refractivity contribution in [3.63, 3.8) is 0 Å². The molecule has 1 aromatic rings. The fraction of sp³-hybridized carbons (Fsp3) is 0.417. The van der Waals surface area contributed by atoms with E-state index in [1.807, 2.05) is 0 Å². The molecule has 0 bridgehead atoms. The van der Waals surface area contributed by atoms with E-state index in [4.69, 9.17) is 10.5 Å². The monoisotopic (exact) mass is 287 g/mol. The molecule has 0 spiro atoms. The highest BCUT2D eigenvalue weighted by molar-refractivity contribution is 7.90. The van der Waals surface area contributed by atoms with Gasteiger partial charge in [-0.2, -0.15) is 0 Å². The number of esters is 1. The Morgan fingerprint density at radius 1 is 1.37 bits per heavy atom. The van der Waals surface area contributed by atoms with Gasteiger partial charge in [0.15, 0.2) is 0 Å². The molecule has 0 atom stereocenters. The van der Waals surface area contributed by atoms with Crippen molar-refractivity contribution in [3.05, 3.63) is 23.8 Å². The zero-order valence-corrected chi connectivity index (χ0v) is 11.7. The number of methoxy groups -OCH3 is 1. The van der Waals surface area contributed by atoms with Crippen LogP contribution in [-0.2, 0) is 14.6 Å². The fourth-order valence-corrected chi connectivity index (χ4v) is 2.05. The lowest BCUT2D eigenvalue weighted by molar-refractivity contribution is 0.0600. The van der Waals surface area contributed by atoms with E-state index in [1.165, 1.54) is 31.6 Å². The highest BCUT2D eigenvalue weighted by Crippen LogP contribution is 2.23. The van der Waals surface area contributed by atoms with Crippen LogP contribution in [0, 0.1) is 0 Å². The van der Waals surface area contributed by atoms with Gasteiger partial charge in [-0.3, -0.25) is 0 Å². The minimum Gasteiger partial charge on any atom is -0.491 e. The molecule has 0 aliphatic rings. The molecule has 1 rings (SSSR count). The average molecular weight is 287 g/mol. The van der Waals surface area contributed by atoms with Crippen LogP contribution in [0.4, 0.5) is 5.69 Å². The molecule has 106 valence electrons. The van der Waals surface area contributed by atoms with Crippen LogP contribution in [0.15, 0.2) is 18.2 Å². The van der Waals surface area contributed by atoms with E-state index >= 15 is 0 Å². The summed E-state index contributed by atoms with van der Waals surface area (Å²) in [5, 5.41) is 0. The van der Waals surface area contributed by atoms with Crippen LogP contribution in [-0.4, -0.2) is 40.1 Å². The normalized spacial score (nSPS) is 11.1. The summed E-state index contributed by atoms with van der Waals surface area (Å²) in [5.74, 6) is -0.0961. The predicted octanol–water partition coefficient (Wildman–Crippen LogP) is 0.869. The summed E-state index contributed by atoms with van der Waals surface area (Å²) >= 11 is 0. The van der Waals surface area contributed by atoms with Gasteiger partial charge in [-0.1, -0.05) is 0 Å². The molecule has 0 aromatic heterocycles. The lowest BCUT2D eigenvalue weighted by atomic mass is 10.2. The number of hydrogen-bond acceptors (Lipinski definition) is 6. The van der Waals surface area contributed by atoms with Crippen molar-refractivity contribution < 1.29 is 22.7 Å². The number of benzene rings is 1. The zero-order chi connectivity index (χ0) is 14.5. The molecule has 6 nitrogen and oxygen atoms in total. The predicted molar refractivity (Wildman–Crippen MR) is 72.0 cm³/mol. The van der Waals surface area contributed by atoms with Crippen molar-refractivity contribution in [1.82, 2.24) is 0 Å². The number of rotatable bonds is 6. The van der Waals surface area contributed by atoms with E-state index in [9.17, 15) is 13.2 Å². The highest BCUT2D eigenvalue weighted by Gasteiger charge is 2.09. The Morgan fingerprint density at radius 2 is 2.05 bits per heavy atom. The first kappa shape index (κ1) is 15.3. The van der Waals surface area contributed by atoms with Gasteiger partial charge >= 0.3 is 5.97 Å². The average Bonchev–Trinajstić information content (AvgIpc) is 2.34. The van der Waals surface area contributed by atoms with Gasteiger partial charge in [-0.15, -0.1) is 0 Å². The fourth-order valence-electron chi connectivity index (χ4n) is 1.41. The van der Waals surface area contributed by atoms with E-state index < -0.39 is 15.8 Å². The lowest BCUT2D eigenvalue weighted by Crippen LogP contribution is -2.09. The summed E-state index contributed by atoms with van der Waals surface area (Å²) in [6.45, 7) is 0.210. The third kappa shape index (κ3) is 5.17. The molecule has 2 N–H and O–H groups in total. The van der Waals surface area contributed by atoms with Crippen LogP contribution >= 0.6 is 0 Å². The maximum Gasteiger partial charge on any atom is 0.337 e. The Bertz CT molecular complexity index is 553. The standard InChI is InChI=1S/C12H17NO5S/c1-17-12(14)9-4-5-10(13)11(8-9)18-6-3-7-19(2,15)16/h4-5,8H,3,6-7,13H2,1-2H3. The third-order valence-electron chi connectivity index (χ3n) is 2.35. The SMILES string of the molecule is COC(=O)c1ccc(N)c(OCCCS(C)(=O)=O)c1. The number of anilines is 1. The molecule has 19 heavy (non-hydrogen) atoms. The van der Waals surface area contributed by atoms with Crippen molar-refractivity contribution in [2.75, 3.05) is 31.5 Å². The first-order chi connectivity index (χ1) is 8.83. The summed E-state index contributed by atoms with van der Waals surface area (Å²) in [6.07, 6.45) is 1.53. The second-order valence-corrected chi connectivity index (χ2v) is 6.34. The minimum atomic E-state index is -3.00. The Hall–Kier alpha value is -1.76. The van der Waals surface area contributed by atoms with E-state index in [1.54, 1.807) is 0 Å². The Balaban J connectivity index is 2.65. The van der Waals surface area contributed by atoms with E-state index in [2.05, 4.69) is 4.74 Å². The summed E-state index contributed by atoms with van der Waals surface area (Å²) in [6, 6.07) is 4.55. The van der Waals surface area contributed by atoms with E-state index in [0.29, 0.717) is 23.4 Å². The van der Waals surface area contributed by atoms with Crippen molar-refractivity contribution in [2.45, 2.75) is 6.42 Å². The summed E-state index contributed by atoms with van der Waals surface area (Å²) < 4.78 is 31.9. The summed E-state index contributed by atoms with van der Waals surface area (Å²) in [5.41, 5.74) is 6.41. The van der Waals surface area contributed by atoms with Gasteiger partial charge in [0, 0.05) is 6.26 Å². The van der Waals surface area contributed by atoms with Crippen LogP contribution in [0.5, 0.6) is 5.75 Å². The maximum absolute atomic E-state index is 11.3. The molecule has 0 saturated carbocycles. The number of carbonyl (C=O) groups excluding carboxylic acids is 1. The van der Waals surface area contributed by atoms with E-state index in [-0.39, 0.29) is 12.4 Å². The molecule has 0 fully saturated rings. The van der Waals surface area contributed by atoms with E-state index in [0.717, 1.165) is 0 Å². The molecule has 0 amide bonds. The van der Waals surface area contributed by atoms with Crippen molar-refractivity contribution in [3.8, 4) is 5.75 Å². The van der Waals surface area contributed by atoms with Crippen LogP contribution in [0.2, 0.25) is 0 Å². The number of nitrogen functional groups attached to an aromatic ring is 1. The topological polar surface area (TPSA) is 95.7 Å². The smallest absolute Gasteiger partial charge is 0.337 e. The largest absolute Gasteiger partial charge is 0.491 e.